The lowest BCUT2D eigenvalue weighted by Gasteiger charge is -2.29. The molecule has 0 aliphatic heterocycles. The van der Waals surface area contributed by atoms with Gasteiger partial charge in [-0.25, -0.2) is 4.79 Å². The molecule has 1 unspecified atom stereocenters. The first-order valence-electron chi connectivity index (χ1n) is 10.3. The van der Waals surface area contributed by atoms with Crippen LogP contribution in [0.2, 0.25) is 0 Å². The maximum Gasteiger partial charge on any atom is 0.408 e. The largest absolute Gasteiger partial charge is 0.465 e. The first kappa shape index (κ1) is 23.9. The molecule has 8 heteroatoms. The summed E-state index contributed by atoms with van der Waals surface area (Å²) < 4.78 is 10.3. The molecular formula is C23H29N3O5. The van der Waals surface area contributed by atoms with Crippen LogP contribution in [0.25, 0.3) is 0 Å². The summed E-state index contributed by atoms with van der Waals surface area (Å²) in [5.74, 6) is -1.18. The molecule has 0 spiro atoms. The highest BCUT2D eigenvalue weighted by Crippen LogP contribution is 2.18. The summed E-state index contributed by atoms with van der Waals surface area (Å²) >= 11 is 0. The van der Waals surface area contributed by atoms with Crippen LogP contribution in [-0.4, -0.2) is 42.1 Å². The van der Waals surface area contributed by atoms with Gasteiger partial charge in [0.2, 0.25) is 0 Å². The van der Waals surface area contributed by atoms with Crippen molar-refractivity contribution < 1.29 is 23.9 Å². The van der Waals surface area contributed by atoms with E-state index in [9.17, 15) is 14.4 Å². The molecule has 1 N–H and O–H groups in total. The van der Waals surface area contributed by atoms with Crippen molar-refractivity contribution in [3.05, 3.63) is 60.4 Å². The minimum absolute atomic E-state index is 0.0865. The molecule has 8 nitrogen and oxygen atoms in total. The average Bonchev–Trinajstić information content (AvgIpc) is 2.80. The normalized spacial score (nSPS) is 12.4. The Labute approximate surface area is 182 Å². The van der Waals surface area contributed by atoms with Crippen molar-refractivity contribution in [2.45, 2.75) is 39.8 Å². The van der Waals surface area contributed by atoms with Crippen LogP contribution < -0.4 is 10.2 Å². The number of benzene rings is 1. The van der Waals surface area contributed by atoms with Gasteiger partial charge in [-0.05, 0) is 30.5 Å². The van der Waals surface area contributed by atoms with Gasteiger partial charge in [0.05, 0.1) is 18.5 Å². The number of nitrogens with one attached hydrogen (secondary N) is 1. The Balaban J connectivity index is 2.17. The van der Waals surface area contributed by atoms with E-state index < -0.39 is 24.0 Å². The Morgan fingerprint density at radius 3 is 2.42 bits per heavy atom. The molecule has 0 aliphatic carbocycles. The van der Waals surface area contributed by atoms with Gasteiger partial charge < -0.3 is 14.8 Å². The Kier molecular flexibility index (Phi) is 9.48. The van der Waals surface area contributed by atoms with Gasteiger partial charge in [-0.2, -0.15) is 0 Å². The molecule has 0 bridgehead atoms. The van der Waals surface area contributed by atoms with Crippen LogP contribution in [0.3, 0.4) is 0 Å². The van der Waals surface area contributed by atoms with Gasteiger partial charge >= 0.3 is 12.1 Å². The molecule has 0 saturated carbocycles. The van der Waals surface area contributed by atoms with E-state index in [1.54, 1.807) is 25.3 Å². The fraction of sp³-hybridized carbons (Fsp3) is 0.391. The van der Waals surface area contributed by atoms with Crippen LogP contribution in [-0.2, 0) is 25.7 Å². The highest BCUT2D eigenvalue weighted by Gasteiger charge is 2.32. The molecule has 1 aromatic carbocycles. The molecule has 0 fully saturated rings. The van der Waals surface area contributed by atoms with Crippen LogP contribution >= 0.6 is 0 Å². The number of hydrogen-bond donors (Lipinski definition) is 1. The van der Waals surface area contributed by atoms with Crippen molar-refractivity contribution >= 4 is 23.7 Å². The minimum Gasteiger partial charge on any atom is -0.465 e. The van der Waals surface area contributed by atoms with Gasteiger partial charge in [-0.15, -0.1) is 0 Å². The minimum atomic E-state index is -0.886. The third-order valence-electron chi connectivity index (χ3n) is 4.78. The number of aromatic nitrogens is 1. The van der Waals surface area contributed by atoms with Gasteiger partial charge in [0, 0.05) is 6.20 Å². The lowest BCUT2D eigenvalue weighted by Crippen LogP contribution is -2.53. The van der Waals surface area contributed by atoms with Crippen molar-refractivity contribution in [2.24, 2.45) is 5.92 Å². The second-order valence-electron chi connectivity index (χ2n) is 7.01. The average molecular weight is 428 g/mol. The number of anilines is 1. The molecule has 2 aromatic rings. The van der Waals surface area contributed by atoms with Gasteiger partial charge in [-0.1, -0.05) is 50.6 Å². The van der Waals surface area contributed by atoms with Crippen molar-refractivity contribution in [3.8, 4) is 0 Å². The Bertz CT molecular complexity index is 845. The number of carbonyl (C=O) groups is 3. The molecule has 31 heavy (non-hydrogen) atoms. The zero-order chi connectivity index (χ0) is 22.6. The van der Waals surface area contributed by atoms with Gasteiger partial charge in [-0.3, -0.25) is 19.5 Å². The van der Waals surface area contributed by atoms with E-state index in [1.807, 2.05) is 44.2 Å². The Morgan fingerprint density at radius 2 is 1.81 bits per heavy atom. The van der Waals surface area contributed by atoms with Crippen LogP contribution in [0.5, 0.6) is 0 Å². The number of carbonyl (C=O) groups excluding carboxylic acids is 3. The van der Waals surface area contributed by atoms with E-state index in [2.05, 4.69) is 10.3 Å². The standard InChI is InChI=1S/C23H29N3O5/c1-4-17(3)21(25-23(29)31-16-18-10-7-6-8-11-18)22(28)26(15-20(27)30-5-2)19-12-9-13-24-14-19/h6-14,17,21H,4-5,15-16H2,1-3H3,(H,25,29)/t17?,21-/m0/s1. The summed E-state index contributed by atoms with van der Waals surface area (Å²) in [6.45, 7) is 5.47. The Hall–Kier alpha value is -3.42. The van der Waals surface area contributed by atoms with Crippen molar-refractivity contribution in [2.75, 3.05) is 18.1 Å². The lowest BCUT2D eigenvalue weighted by atomic mass is 9.97. The third kappa shape index (κ3) is 7.40. The van der Waals surface area contributed by atoms with Crippen LogP contribution in [0.4, 0.5) is 10.5 Å². The molecule has 1 heterocycles. The molecule has 2 amide bonds. The van der Waals surface area contributed by atoms with E-state index in [-0.39, 0.29) is 25.7 Å². The first-order chi connectivity index (χ1) is 15.0. The van der Waals surface area contributed by atoms with E-state index >= 15 is 0 Å². The number of nitrogens with zero attached hydrogens (tertiary/aromatic N) is 2. The van der Waals surface area contributed by atoms with E-state index in [0.29, 0.717) is 12.1 Å². The summed E-state index contributed by atoms with van der Waals surface area (Å²) in [7, 11) is 0. The zero-order valence-corrected chi connectivity index (χ0v) is 18.1. The highest BCUT2D eigenvalue weighted by atomic mass is 16.5. The molecule has 0 radical (unpaired) electrons. The van der Waals surface area contributed by atoms with Crippen LogP contribution in [0, 0.1) is 5.92 Å². The molecule has 166 valence electrons. The summed E-state index contributed by atoms with van der Waals surface area (Å²) in [4.78, 5) is 43.3. The zero-order valence-electron chi connectivity index (χ0n) is 18.1. The fourth-order valence-electron chi connectivity index (χ4n) is 2.89. The number of rotatable bonds is 10. The van der Waals surface area contributed by atoms with E-state index in [1.165, 1.54) is 11.1 Å². The van der Waals surface area contributed by atoms with Crippen molar-refractivity contribution in [1.29, 1.82) is 0 Å². The van der Waals surface area contributed by atoms with E-state index in [0.717, 1.165) is 5.56 Å². The number of alkyl carbamates (subject to hydrolysis) is 1. The first-order valence-corrected chi connectivity index (χ1v) is 10.3. The summed E-state index contributed by atoms with van der Waals surface area (Å²) in [5, 5.41) is 2.67. The number of amides is 2. The van der Waals surface area contributed by atoms with E-state index in [4.69, 9.17) is 9.47 Å². The van der Waals surface area contributed by atoms with Crippen molar-refractivity contribution in [3.63, 3.8) is 0 Å². The second kappa shape index (κ2) is 12.3. The number of pyridine rings is 1. The SMILES string of the molecule is CCOC(=O)CN(C(=O)[C@@H](NC(=O)OCc1ccccc1)C(C)CC)c1cccnc1. The Morgan fingerprint density at radius 1 is 1.06 bits per heavy atom. The number of esters is 1. The summed E-state index contributed by atoms with van der Waals surface area (Å²) in [5.41, 5.74) is 1.27. The second-order valence-corrected chi connectivity index (χ2v) is 7.01. The van der Waals surface area contributed by atoms with Crippen molar-refractivity contribution in [1.82, 2.24) is 10.3 Å². The monoisotopic (exact) mass is 427 g/mol. The highest BCUT2D eigenvalue weighted by molar-refractivity contribution is 6.01. The maximum absolute atomic E-state index is 13.4. The van der Waals surface area contributed by atoms with Gasteiger partial charge in [0.15, 0.2) is 0 Å². The number of ether oxygens (including phenoxy) is 2. The third-order valence-corrected chi connectivity index (χ3v) is 4.78. The maximum atomic E-state index is 13.4. The lowest BCUT2D eigenvalue weighted by molar-refractivity contribution is -0.142. The molecule has 0 saturated heterocycles. The molecule has 1 aromatic heterocycles. The number of hydrogen-bond acceptors (Lipinski definition) is 6. The molecule has 2 atom stereocenters. The quantitative estimate of drug-likeness (QED) is 0.584. The fourth-order valence-corrected chi connectivity index (χ4v) is 2.89. The van der Waals surface area contributed by atoms with Crippen LogP contribution in [0.15, 0.2) is 54.9 Å². The molecule has 2 rings (SSSR count). The summed E-state index contributed by atoms with van der Waals surface area (Å²) in [6, 6.07) is 11.7. The predicted molar refractivity (Wildman–Crippen MR) is 116 cm³/mol. The summed E-state index contributed by atoms with van der Waals surface area (Å²) in [6.07, 6.45) is 2.99. The molecular weight excluding hydrogens is 398 g/mol. The topological polar surface area (TPSA) is 97.8 Å². The smallest absolute Gasteiger partial charge is 0.408 e. The molecule has 0 aliphatic rings. The van der Waals surface area contributed by atoms with Gasteiger partial charge in [0.25, 0.3) is 5.91 Å². The predicted octanol–water partition coefficient (Wildman–Crippen LogP) is 3.32. The van der Waals surface area contributed by atoms with Gasteiger partial charge in [0.1, 0.15) is 19.2 Å². The van der Waals surface area contributed by atoms with Crippen LogP contribution in [0.1, 0.15) is 32.8 Å².